The van der Waals surface area contributed by atoms with Crippen LogP contribution in [0.4, 0.5) is 0 Å². The van der Waals surface area contributed by atoms with Crippen LogP contribution < -0.4 is 0 Å². The summed E-state index contributed by atoms with van der Waals surface area (Å²) in [6, 6.07) is 2.51. The highest BCUT2D eigenvalue weighted by molar-refractivity contribution is 8.14. The van der Waals surface area contributed by atoms with Crippen molar-refractivity contribution in [3.63, 3.8) is 0 Å². The fourth-order valence-electron chi connectivity index (χ4n) is 1.33. The summed E-state index contributed by atoms with van der Waals surface area (Å²) >= 11 is 1.84. The summed E-state index contributed by atoms with van der Waals surface area (Å²) in [7, 11) is 0. The minimum absolute atomic E-state index is 0.465. The summed E-state index contributed by atoms with van der Waals surface area (Å²) in [6.45, 7) is 4.23. The molecule has 2 heterocycles. The van der Waals surface area contributed by atoms with Crippen molar-refractivity contribution in [3.8, 4) is 0 Å². The predicted molar refractivity (Wildman–Crippen MR) is 57.4 cm³/mol. The molecule has 1 aliphatic rings. The molecule has 2 nitrogen and oxygen atoms in total. The monoisotopic (exact) mass is 192 g/mol. The van der Waals surface area contributed by atoms with Crippen molar-refractivity contribution in [1.29, 1.82) is 0 Å². The van der Waals surface area contributed by atoms with Crippen LogP contribution in [-0.4, -0.2) is 21.8 Å². The second kappa shape index (κ2) is 3.50. The van der Waals surface area contributed by atoms with Gasteiger partial charge in [0, 0.05) is 23.7 Å². The highest BCUT2D eigenvalue weighted by atomic mass is 32.2. The van der Waals surface area contributed by atoms with E-state index in [0.717, 1.165) is 5.75 Å². The Kier molecular flexibility index (Phi) is 2.36. The highest BCUT2D eigenvalue weighted by Crippen LogP contribution is 2.24. The number of thioether (sulfide) groups is 1. The van der Waals surface area contributed by atoms with Gasteiger partial charge in [0.05, 0.1) is 11.1 Å². The zero-order valence-electron chi connectivity index (χ0n) is 7.82. The maximum atomic E-state index is 4.57. The Morgan fingerprint density at radius 3 is 3.00 bits per heavy atom. The maximum absolute atomic E-state index is 4.57. The first-order chi connectivity index (χ1) is 6.27. The lowest BCUT2D eigenvalue weighted by molar-refractivity contribution is 0.865. The molecule has 0 aromatic carbocycles. The summed E-state index contributed by atoms with van der Waals surface area (Å²) in [5.41, 5.74) is 2.45. The number of hydrogen-bond acceptors (Lipinski definition) is 3. The fourth-order valence-corrected chi connectivity index (χ4v) is 2.45. The largest absolute Gasteiger partial charge is 0.274 e. The second-order valence-corrected chi connectivity index (χ2v) is 4.29. The quantitative estimate of drug-likeness (QED) is 0.682. The molecule has 1 aromatic heterocycles. The minimum Gasteiger partial charge on any atom is -0.274 e. The Labute approximate surface area is 82.5 Å². The number of aromatic nitrogens is 1. The molecule has 68 valence electrons. The summed E-state index contributed by atoms with van der Waals surface area (Å²) in [6.07, 6.45) is 3.72. The number of nitrogens with zero attached hydrogens (tertiary/aromatic N) is 2. The SMILES string of the molecule is Cc1cnccc1C1=NC(C)CS1. The molecule has 0 saturated heterocycles. The summed E-state index contributed by atoms with van der Waals surface area (Å²) in [5.74, 6) is 1.11. The van der Waals surface area contributed by atoms with E-state index in [9.17, 15) is 0 Å². The van der Waals surface area contributed by atoms with Gasteiger partial charge in [0.1, 0.15) is 0 Å². The van der Waals surface area contributed by atoms with E-state index in [2.05, 4.69) is 23.8 Å². The van der Waals surface area contributed by atoms with E-state index in [1.165, 1.54) is 16.2 Å². The predicted octanol–water partition coefficient (Wildman–Crippen LogP) is 2.27. The van der Waals surface area contributed by atoms with Gasteiger partial charge >= 0.3 is 0 Å². The van der Waals surface area contributed by atoms with E-state index in [1.54, 1.807) is 0 Å². The lowest BCUT2D eigenvalue weighted by Gasteiger charge is -2.02. The molecule has 3 heteroatoms. The molecule has 0 spiro atoms. The van der Waals surface area contributed by atoms with Crippen molar-refractivity contribution in [2.45, 2.75) is 19.9 Å². The van der Waals surface area contributed by atoms with Crippen molar-refractivity contribution in [2.24, 2.45) is 4.99 Å². The van der Waals surface area contributed by atoms with E-state index in [-0.39, 0.29) is 0 Å². The molecular weight excluding hydrogens is 180 g/mol. The molecule has 0 bridgehead atoms. The van der Waals surface area contributed by atoms with Crippen LogP contribution in [0.15, 0.2) is 23.5 Å². The van der Waals surface area contributed by atoms with Gasteiger partial charge in [0.15, 0.2) is 0 Å². The number of rotatable bonds is 1. The smallest absolute Gasteiger partial charge is 0.0985 e. The van der Waals surface area contributed by atoms with Crippen molar-refractivity contribution in [2.75, 3.05) is 5.75 Å². The molecule has 2 rings (SSSR count). The molecular formula is C10H12N2S. The van der Waals surface area contributed by atoms with Gasteiger partial charge in [-0.15, -0.1) is 11.8 Å². The van der Waals surface area contributed by atoms with E-state index >= 15 is 0 Å². The normalized spacial score (nSPS) is 21.7. The van der Waals surface area contributed by atoms with E-state index in [0.29, 0.717) is 6.04 Å². The van der Waals surface area contributed by atoms with Crippen molar-refractivity contribution in [3.05, 3.63) is 29.6 Å². The van der Waals surface area contributed by atoms with Crippen molar-refractivity contribution >= 4 is 16.8 Å². The topological polar surface area (TPSA) is 25.2 Å². The zero-order chi connectivity index (χ0) is 9.26. The van der Waals surface area contributed by atoms with Gasteiger partial charge in [0.25, 0.3) is 0 Å². The van der Waals surface area contributed by atoms with Gasteiger partial charge < -0.3 is 0 Å². The van der Waals surface area contributed by atoms with Gasteiger partial charge in [-0.1, -0.05) is 0 Å². The van der Waals surface area contributed by atoms with Crippen LogP contribution in [0.5, 0.6) is 0 Å². The molecule has 0 amide bonds. The number of aryl methyl sites for hydroxylation is 1. The molecule has 0 saturated carbocycles. The average Bonchev–Trinajstić information content (AvgIpc) is 2.53. The second-order valence-electron chi connectivity index (χ2n) is 3.28. The maximum Gasteiger partial charge on any atom is 0.0985 e. The first-order valence-electron chi connectivity index (χ1n) is 4.39. The zero-order valence-corrected chi connectivity index (χ0v) is 8.64. The van der Waals surface area contributed by atoms with Gasteiger partial charge in [0.2, 0.25) is 0 Å². The van der Waals surface area contributed by atoms with Crippen LogP contribution >= 0.6 is 11.8 Å². The summed E-state index contributed by atoms with van der Waals surface area (Å²) in [5, 5.41) is 1.17. The third kappa shape index (κ3) is 1.75. The van der Waals surface area contributed by atoms with Crippen LogP contribution in [0.1, 0.15) is 18.1 Å². The highest BCUT2D eigenvalue weighted by Gasteiger charge is 2.16. The molecule has 13 heavy (non-hydrogen) atoms. The van der Waals surface area contributed by atoms with Gasteiger partial charge in [-0.05, 0) is 25.5 Å². The number of aliphatic imine (C=N–C) groups is 1. The Morgan fingerprint density at radius 2 is 2.38 bits per heavy atom. The van der Waals surface area contributed by atoms with Gasteiger partial charge in [-0.2, -0.15) is 0 Å². The fraction of sp³-hybridized carbons (Fsp3) is 0.400. The van der Waals surface area contributed by atoms with Gasteiger partial charge in [-0.3, -0.25) is 9.98 Å². The summed E-state index contributed by atoms with van der Waals surface area (Å²) in [4.78, 5) is 8.64. The molecule has 1 unspecified atom stereocenters. The molecule has 0 fully saturated rings. The van der Waals surface area contributed by atoms with Gasteiger partial charge in [-0.25, -0.2) is 0 Å². The van der Waals surface area contributed by atoms with E-state index in [1.807, 2.05) is 30.2 Å². The third-order valence-corrected chi connectivity index (χ3v) is 3.30. The van der Waals surface area contributed by atoms with Crippen LogP contribution in [0.25, 0.3) is 0 Å². The number of pyridine rings is 1. The minimum atomic E-state index is 0.465. The van der Waals surface area contributed by atoms with Crippen molar-refractivity contribution < 1.29 is 0 Å². The lowest BCUT2D eigenvalue weighted by atomic mass is 10.2. The molecule has 1 aromatic rings. The standard InChI is InChI=1S/C10H12N2S/c1-7-5-11-4-3-9(7)10-12-8(2)6-13-10/h3-5,8H,6H2,1-2H3. The Bertz CT molecular complexity index is 347. The van der Waals surface area contributed by atoms with Crippen LogP contribution in [0, 0.1) is 6.92 Å². The molecule has 0 N–H and O–H groups in total. The first-order valence-corrected chi connectivity index (χ1v) is 5.37. The van der Waals surface area contributed by atoms with E-state index in [4.69, 9.17) is 0 Å². The molecule has 0 radical (unpaired) electrons. The third-order valence-electron chi connectivity index (χ3n) is 2.05. The Balaban J connectivity index is 2.36. The molecule has 1 aliphatic heterocycles. The van der Waals surface area contributed by atoms with Crippen molar-refractivity contribution in [1.82, 2.24) is 4.98 Å². The lowest BCUT2D eigenvalue weighted by Crippen LogP contribution is -1.96. The Hall–Kier alpha value is -0.830. The summed E-state index contributed by atoms with van der Waals surface area (Å²) < 4.78 is 0. The average molecular weight is 192 g/mol. The molecule has 0 aliphatic carbocycles. The number of hydrogen-bond donors (Lipinski definition) is 0. The van der Waals surface area contributed by atoms with Crippen LogP contribution in [0.3, 0.4) is 0 Å². The Morgan fingerprint density at radius 1 is 1.54 bits per heavy atom. The van der Waals surface area contributed by atoms with Crippen LogP contribution in [0.2, 0.25) is 0 Å². The van der Waals surface area contributed by atoms with Crippen LogP contribution in [-0.2, 0) is 0 Å². The first kappa shape index (κ1) is 8.75. The molecule has 1 atom stereocenters. The van der Waals surface area contributed by atoms with E-state index < -0.39 is 0 Å².